The SMILES string of the molecule is COc1cc(OC)c(O)c(C(O)(c2ccccc2)c2ccccc2)c1. The van der Waals surface area contributed by atoms with Crippen molar-refractivity contribution in [1.82, 2.24) is 0 Å². The van der Waals surface area contributed by atoms with Gasteiger partial charge in [-0.15, -0.1) is 0 Å². The highest BCUT2D eigenvalue weighted by molar-refractivity contribution is 5.59. The summed E-state index contributed by atoms with van der Waals surface area (Å²) in [7, 11) is 2.99. The van der Waals surface area contributed by atoms with E-state index < -0.39 is 5.60 Å². The number of phenols is 1. The maximum atomic E-state index is 11.8. The van der Waals surface area contributed by atoms with Gasteiger partial charge in [0.05, 0.1) is 14.2 Å². The summed E-state index contributed by atoms with van der Waals surface area (Å²) in [6, 6.07) is 21.6. The molecule has 0 saturated heterocycles. The number of aliphatic hydroxyl groups is 1. The summed E-state index contributed by atoms with van der Waals surface area (Å²) >= 11 is 0. The van der Waals surface area contributed by atoms with Gasteiger partial charge in [-0.2, -0.15) is 0 Å². The summed E-state index contributed by atoms with van der Waals surface area (Å²) in [6.45, 7) is 0. The Kier molecular flexibility index (Phi) is 4.63. The van der Waals surface area contributed by atoms with Crippen molar-refractivity contribution in [3.8, 4) is 17.2 Å². The van der Waals surface area contributed by atoms with Gasteiger partial charge in [-0.25, -0.2) is 0 Å². The molecule has 128 valence electrons. The molecule has 3 rings (SSSR count). The van der Waals surface area contributed by atoms with Gasteiger partial charge in [0.15, 0.2) is 11.5 Å². The fraction of sp³-hybridized carbons (Fsp3) is 0.143. The summed E-state index contributed by atoms with van der Waals surface area (Å²) in [5.74, 6) is 0.591. The summed E-state index contributed by atoms with van der Waals surface area (Å²) in [5.41, 5.74) is -0.00580. The average Bonchev–Trinajstić information content (AvgIpc) is 2.69. The lowest BCUT2D eigenvalue weighted by Gasteiger charge is -2.31. The van der Waals surface area contributed by atoms with Crippen LogP contribution in [0.3, 0.4) is 0 Å². The molecule has 0 spiro atoms. The number of methoxy groups -OCH3 is 2. The molecule has 25 heavy (non-hydrogen) atoms. The Labute approximate surface area is 146 Å². The lowest BCUT2D eigenvalue weighted by molar-refractivity contribution is 0.121. The monoisotopic (exact) mass is 336 g/mol. The standard InChI is InChI=1S/C21H20O4/c1-24-17-13-18(20(22)19(14-17)25-2)21(23,15-9-5-3-6-10-15)16-11-7-4-8-12-16/h3-14,22-23H,1-2H3. The molecule has 0 fully saturated rings. The van der Waals surface area contributed by atoms with Crippen LogP contribution < -0.4 is 9.47 Å². The van der Waals surface area contributed by atoms with Crippen molar-refractivity contribution in [2.24, 2.45) is 0 Å². The third-order valence-corrected chi connectivity index (χ3v) is 4.28. The molecule has 0 aliphatic carbocycles. The second-order valence-corrected chi connectivity index (χ2v) is 5.67. The molecule has 4 nitrogen and oxygen atoms in total. The lowest BCUT2D eigenvalue weighted by atomic mass is 9.79. The van der Waals surface area contributed by atoms with Crippen LogP contribution in [0.5, 0.6) is 17.2 Å². The van der Waals surface area contributed by atoms with E-state index in [4.69, 9.17) is 9.47 Å². The smallest absolute Gasteiger partial charge is 0.164 e. The normalized spacial score (nSPS) is 11.2. The maximum absolute atomic E-state index is 11.8. The fourth-order valence-corrected chi connectivity index (χ4v) is 2.97. The van der Waals surface area contributed by atoms with Crippen molar-refractivity contribution in [2.45, 2.75) is 5.60 Å². The Morgan fingerprint density at radius 3 is 1.72 bits per heavy atom. The van der Waals surface area contributed by atoms with Gasteiger partial charge in [-0.3, -0.25) is 0 Å². The molecule has 3 aromatic rings. The van der Waals surface area contributed by atoms with E-state index in [2.05, 4.69) is 0 Å². The Morgan fingerprint density at radius 1 is 0.760 bits per heavy atom. The molecule has 0 radical (unpaired) electrons. The second kappa shape index (κ2) is 6.87. The van der Waals surface area contributed by atoms with Crippen molar-refractivity contribution >= 4 is 0 Å². The first-order valence-electron chi connectivity index (χ1n) is 7.90. The molecule has 0 atom stereocenters. The number of phenolic OH excluding ortho intramolecular Hbond substituents is 1. The molecule has 4 heteroatoms. The van der Waals surface area contributed by atoms with Gasteiger partial charge in [0.1, 0.15) is 11.4 Å². The largest absolute Gasteiger partial charge is 0.504 e. The molecule has 2 N–H and O–H groups in total. The minimum Gasteiger partial charge on any atom is -0.504 e. The summed E-state index contributed by atoms with van der Waals surface area (Å²) in [5, 5.41) is 22.5. The van der Waals surface area contributed by atoms with Crippen LogP contribution in [0.4, 0.5) is 0 Å². The molecule has 3 aromatic carbocycles. The summed E-state index contributed by atoms with van der Waals surface area (Å²) < 4.78 is 10.6. The van der Waals surface area contributed by atoms with Crippen LogP contribution in [0.25, 0.3) is 0 Å². The summed E-state index contributed by atoms with van der Waals surface area (Å²) in [4.78, 5) is 0. The minimum absolute atomic E-state index is 0.126. The Hall–Kier alpha value is -2.98. The molecular formula is C21H20O4. The zero-order valence-corrected chi connectivity index (χ0v) is 14.1. The highest BCUT2D eigenvalue weighted by Crippen LogP contribution is 2.46. The van der Waals surface area contributed by atoms with E-state index in [0.29, 0.717) is 22.4 Å². The van der Waals surface area contributed by atoms with Crippen molar-refractivity contribution < 1.29 is 19.7 Å². The van der Waals surface area contributed by atoms with Gasteiger partial charge in [-0.05, 0) is 17.2 Å². The Bertz CT molecular complexity index is 805. The van der Waals surface area contributed by atoms with E-state index in [1.165, 1.54) is 14.2 Å². The Balaban J connectivity index is 2.34. The molecule has 0 bridgehead atoms. The predicted octanol–water partition coefficient (Wildman–Crippen LogP) is 3.69. The van der Waals surface area contributed by atoms with Gasteiger partial charge < -0.3 is 19.7 Å². The molecule has 0 amide bonds. The van der Waals surface area contributed by atoms with Gasteiger partial charge in [0.2, 0.25) is 0 Å². The van der Waals surface area contributed by atoms with E-state index in [1.54, 1.807) is 12.1 Å². The second-order valence-electron chi connectivity index (χ2n) is 5.67. The molecule has 0 heterocycles. The zero-order chi connectivity index (χ0) is 17.9. The molecule has 0 unspecified atom stereocenters. The first kappa shape index (κ1) is 16.9. The third kappa shape index (κ3) is 2.92. The van der Waals surface area contributed by atoms with E-state index >= 15 is 0 Å². The quantitative estimate of drug-likeness (QED) is 0.698. The van der Waals surface area contributed by atoms with Gasteiger partial charge >= 0.3 is 0 Å². The topological polar surface area (TPSA) is 58.9 Å². The first-order chi connectivity index (χ1) is 12.1. The van der Waals surface area contributed by atoms with Crippen molar-refractivity contribution in [3.63, 3.8) is 0 Å². The molecule has 0 aromatic heterocycles. The van der Waals surface area contributed by atoms with Crippen LogP contribution in [0.1, 0.15) is 16.7 Å². The molecule has 0 aliphatic heterocycles. The minimum atomic E-state index is -1.56. The van der Waals surface area contributed by atoms with Crippen LogP contribution in [-0.4, -0.2) is 24.4 Å². The van der Waals surface area contributed by atoms with Crippen molar-refractivity contribution in [3.05, 3.63) is 89.5 Å². The number of aromatic hydroxyl groups is 1. The number of ether oxygens (including phenoxy) is 2. The van der Waals surface area contributed by atoms with Crippen LogP contribution >= 0.6 is 0 Å². The van der Waals surface area contributed by atoms with Crippen molar-refractivity contribution in [2.75, 3.05) is 14.2 Å². The van der Waals surface area contributed by atoms with E-state index in [1.807, 2.05) is 60.7 Å². The molecular weight excluding hydrogens is 316 g/mol. The fourth-order valence-electron chi connectivity index (χ4n) is 2.97. The average molecular weight is 336 g/mol. The number of benzene rings is 3. The lowest BCUT2D eigenvalue weighted by Crippen LogP contribution is -2.29. The highest BCUT2D eigenvalue weighted by atomic mass is 16.5. The van der Waals surface area contributed by atoms with Crippen LogP contribution in [0, 0.1) is 0 Å². The van der Waals surface area contributed by atoms with Crippen LogP contribution in [0.15, 0.2) is 72.8 Å². The Morgan fingerprint density at radius 2 is 1.28 bits per heavy atom. The highest BCUT2D eigenvalue weighted by Gasteiger charge is 2.37. The number of hydrogen-bond donors (Lipinski definition) is 2. The van der Waals surface area contributed by atoms with Crippen LogP contribution in [-0.2, 0) is 5.60 Å². The molecule has 0 saturated carbocycles. The van der Waals surface area contributed by atoms with E-state index in [0.717, 1.165) is 0 Å². The third-order valence-electron chi connectivity index (χ3n) is 4.28. The number of hydrogen-bond acceptors (Lipinski definition) is 4. The first-order valence-corrected chi connectivity index (χ1v) is 7.90. The van der Waals surface area contributed by atoms with Gasteiger partial charge in [0.25, 0.3) is 0 Å². The van der Waals surface area contributed by atoms with Crippen LogP contribution in [0.2, 0.25) is 0 Å². The molecule has 0 aliphatic rings. The van der Waals surface area contributed by atoms with E-state index in [9.17, 15) is 10.2 Å². The van der Waals surface area contributed by atoms with Gasteiger partial charge in [-0.1, -0.05) is 60.7 Å². The summed E-state index contributed by atoms with van der Waals surface area (Å²) in [6.07, 6.45) is 0. The van der Waals surface area contributed by atoms with E-state index in [-0.39, 0.29) is 11.5 Å². The zero-order valence-electron chi connectivity index (χ0n) is 14.1. The number of rotatable bonds is 5. The van der Waals surface area contributed by atoms with Gasteiger partial charge in [0, 0.05) is 11.6 Å². The van der Waals surface area contributed by atoms with Crippen molar-refractivity contribution in [1.29, 1.82) is 0 Å². The maximum Gasteiger partial charge on any atom is 0.164 e. The predicted molar refractivity (Wildman–Crippen MR) is 96.2 cm³/mol.